The molecule has 0 spiro atoms. The maximum absolute atomic E-state index is 2.31. The van der Waals surface area contributed by atoms with Crippen molar-refractivity contribution >= 4 is 6.08 Å². The lowest BCUT2D eigenvalue weighted by molar-refractivity contribution is 0.607. The van der Waals surface area contributed by atoms with Gasteiger partial charge in [0.2, 0.25) is 0 Å². The minimum absolute atomic E-state index is 1.20. The first kappa shape index (κ1) is 16.1. The molecule has 0 nitrogen and oxygen atoms in total. The molecule has 23 heavy (non-hydrogen) atoms. The van der Waals surface area contributed by atoms with Gasteiger partial charge in [0.25, 0.3) is 0 Å². The summed E-state index contributed by atoms with van der Waals surface area (Å²) in [6.45, 7) is 2.28. The lowest BCUT2D eigenvalue weighted by Gasteiger charge is -2.15. The highest BCUT2D eigenvalue weighted by Gasteiger charge is 2.21. The standard InChI is InChI=1S/C23H27/c1-2-3-4-5-6-7-12-19-13-8-10-15-21(19)23-18-17-20-14-9-11-16-22(20)23/h8-11,13-18H,2-7,12H2,1H3. The third kappa shape index (κ3) is 3.93. The second-order valence-corrected chi connectivity index (χ2v) is 6.51. The molecular weight excluding hydrogens is 276 g/mol. The fraction of sp³-hybridized carbons (Fsp3) is 0.348. The number of hydrogen-bond donors (Lipinski definition) is 0. The molecule has 0 N–H and O–H groups in total. The van der Waals surface area contributed by atoms with Crippen LogP contribution >= 0.6 is 0 Å². The first-order chi connectivity index (χ1) is 11.4. The van der Waals surface area contributed by atoms with Crippen LogP contribution in [0.25, 0.3) is 6.08 Å². The van der Waals surface area contributed by atoms with Crippen LogP contribution in [0.5, 0.6) is 0 Å². The molecule has 0 fully saturated rings. The quantitative estimate of drug-likeness (QED) is 0.483. The Morgan fingerprint density at radius 2 is 1.35 bits per heavy atom. The van der Waals surface area contributed by atoms with Crippen LogP contribution in [0.1, 0.15) is 67.7 Å². The summed E-state index contributed by atoms with van der Waals surface area (Å²) in [6.07, 6.45) is 13.9. The van der Waals surface area contributed by atoms with E-state index in [4.69, 9.17) is 0 Å². The molecule has 0 saturated heterocycles. The molecular formula is C23H27. The van der Waals surface area contributed by atoms with Gasteiger partial charge in [-0.1, -0.05) is 99.7 Å². The Labute approximate surface area is 141 Å². The van der Waals surface area contributed by atoms with E-state index < -0.39 is 0 Å². The van der Waals surface area contributed by atoms with Gasteiger partial charge in [-0.05, 0) is 35.1 Å². The van der Waals surface area contributed by atoms with Gasteiger partial charge in [0, 0.05) is 0 Å². The van der Waals surface area contributed by atoms with Crippen molar-refractivity contribution in [2.75, 3.05) is 0 Å². The molecule has 2 aromatic carbocycles. The monoisotopic (exact) mass is 303 g/mol. The second-order valence-electron chi connectivity index (χ2n) is 6.51. The van der Waals surface area contributed by atoms with E-state index >= 15 is 0 Å². The lowest BCUT2D eigenvalue weighted by Crippen LogP contribution is -2.02. The van der Waals surface area contributed by atoms with E-state index in [-0.39, 0.29) is 0 Å². The van der Waals surface area contributed by atoms with Crippen LogP contribution in [0.4, 0.5) is 0 Å². The third-order valence-electron chi connectivity index (χ3n) is 4.79. The molecule has 2 aromatic rings. The number of fused-ring (bicyclic) bond motifs is 1. The summed E-state index contributed by atoms with van der Waals surface area (Å²) >= 11 is 0. The summed E-state index contributed by atoms with van der Waals surface area (Å²) in [6, 6.07) is 17.7. The molecule has 3 rings (SSSR count). The number of rotatable bonds is 8. The number of hydrogen-bond acceptors (Lipinski definition) is 0. The van der Waals surface area contributed by atoms with Crippen LogP contribution in [0.3, 0.4) is 0 Å². The Bertz CT molecular complexity index is 651. The van der Waals surface area contributed by atoms with Gasteiger partial charge in [0.05, 0.1) is 5.92 Å². The van der Waals surface area contributed by atoms with Crippen molar-refractivity contribution in [1.82, 2.24) is 0 Å². The Hall–Kier alpha value is -1.82. The van der Waals surface area contributed by atoms with Gasteiger partial charge in [-0.2, -0.15) is 0 Å². The molecule has 0 aromatic heterocycles. The van der Waals surface area contributed by atoms with E-state index in [1.807, 2.05) is 0 Å². The maximum atomic E-state index is 2.31. The fourth-order valence-electron chi connectivity index (χ4n) is 3.48. The molecule has 1 aliphatic carbocycles. The fourth-order valence-corrected chi connectivity index (χ4v) is 3.48. The van der Waals surface area contributed by atoms with Crippen LogP contribution in [0.15, 0.2) is 54.6 Å². The van der Waals surface area contributed by atoms with Crippen molar-refractivity contribution in [3.63, 3.8) is 0 Å². The molecule has 1 radical (unpaired) electrons. The number of unbranched alkanes of at least 4 members (excludes halogenated alkanes) is 5. The van der Waals surface area contributed by atoms with Crippen LogP contribution in [-0.4, -0.2) is 0 Å². The van der Waals surface area contributed by atoms with E-state index in [2.05, 4.69) is 67.6 Å². The van der Waals surface area contributed by atoms with Crippen molar-refractivity contribution in [3.05, 3.63) is 82.8 Å². The molecule has 0 aliphatic heterocycles. The molecule has 0 saturated carbocycles. The minimum atomic E-state index is 1.20. The molecule has 1 aliphatic rings. The normalized spacial score (nSPS) is 13.4. The zero-order chi connectivity index (χ0) is 15.9. The Kier molecular flexibility index (Phi) is 5.69. The Morgan fingerprint density at radius 3 is 2.22 bits per heavy atom. The SMILES string of the molecule is CCCCCCCCc1ccccc1[C]1C=Cc2ccccc21. The summed E-state index contributed by atoms with van der Waals surface area (Å²) in [5.74, 6) is 1.39. The van der Waals surface area contributed by atoms with Crippen molar-refractivity contribution < 1.29 is 0 Å². The van der Waals surface area contributed by atoms with Crippen molar-refractivity contribution in [2.24, 2.45) is 0 Å². The van der Waals surface area contributed by atoms with Crippen LogP contribution in [0, 0.1) is 5.92 Å². The van der Waals surface area contributed by atoms with Crippen molar-refractivity contribution in [2.45, 2.75) is 51.9 Å². The molecule has 0 atom stereocenters. The lowest BCUT2D eigenvalue weighted by atomic mass is 9.88. The molecule has 119 valence electrons. The van der Waals surface area contributed by atoms with Crippen molar-refractivity contribution in [1.29, 1.82) is 0 Å². The molecule has 0 bridgehead atoms. The minimum Gasteiger partial charge on any atom is -0.0674 e. The zero-order valence-corrected chi connectivity index (χ0v) is 14.2. The smallest absolute Gasteiger partial charge is 0.0566 e. The first-order valence-electron chi connectivity index (χ1n) is 9.13. The predicted molar refractivity (Wildman–Crippen MR) is 100 cm³/mol. The molecule has 0 heterocycles. The van der Waals surface area contributed by atoms with E-state index in [1.54, 1.807) is 0 Å². The second kappa shape index (κ2) is 8.15. The summed E-state index contributed by atoms with van der Waals surface area (Å²) in [7, 11) is 0. The largest absolute Gasteiger partial charge is 0.0674 e. The highest BCUT2D eigenvalue weighted by molar-refractivity contribution is 5.73. The topological polar surface area (TPSA) is 0 Å². The van der Waals surface area contributed by atoms with Gasteiger partial charge in [-0.15, -0.1) is 0 Å². The highest BCUT2D eigenvalue weighted by Crippen LogP contribution is 2.36. The van der Waals surface area contributed by atoms with Gasteiger partial charge in [-0.25, -0.2) is 0 Å². The highest BCUT2D eigenvalue weighted by atomic mass is 14.2. The first-order valence-corrected chi connectivity index (χ1v) is 9.13. The average Bonchev–Trinajstić information content (AvgIpc) is 3.02. The van der Waals surface area contributed by atoms with Gasteiger partial charge in [0.15, 0.2) is 0 Å². The molecule has 0 unspecified atom stereocenters. The number of aryl methyl sites for hydroxylation is 1. The van der Waals surface area contributed by atoms with Gasteiger partial charge < -0.3 is 0 Å². The zero-order valence-electron chi connectivity index (χ0n) is 14.2. The Morgan fingerprint density at radius 1 is 0.652 bits per heavy atom. The number of benzene rings is 2. The van der Waals surface area contributed by atoms with Gasteiger partial charge in [0.1, 0.15) is 0 Å². The summed E-state index contributed by atoms with van der Waals surface area (Å²) in [5, 5.41) is 0. The average molecular weight is 303 g/mol. The van der Waals surface area contributed by atoms with E-state index in [1.165, 1.54) is 73.1 Å². The maximum Gasteiger partial charge on any atom is 0.0566 e. The number of allylic oxidation sites excluding steroid dienone is 1. The third-order valence-corrected chi connectivity index (χ3v) is 4.79. The van der Waals surface area contributed by atoms with Crippen LogP contribution < -0.4 is 0 Å². The van der Waals surface area contributed by atoms with E-state index in [0.29, 0.717) is 0 Å². The van der Waals surface area contributed by atoms with Gasteiger partial charge in [-0.3, -0.25) is 0 Å². The van der Waals surface area contributed by atoms with Crippen LogP contribution in [-0.2, 0) is 6.42 Å². The summed E-state index contributed by atoms with van der Waals surface area (Å²) in [5.41, 5.74) is 5.64. The molecule has 0 heteroatoms. The van der Waals surface area contributed by atoms with E-state index in [9.17, 15) is 0 Å². The Balaban J connectivity index is 1.66. The van der Waals surface area contributed by atoms with E-state index in [0.717, 1.165) is 0 Å². The summed E-state index contributed by atoms with van der Waals surface area (Å²) in [4.78, 5) is 0. The predicted octanol–water partition coefficient (Wildman–Crippen LogP) is 6.59. The van der Waals surface area contributed by atoms with Crippen molar-refractivity contribution in [3.8, 4) is 0 Å². The molecule has 0 amide bonds. The van der Waals surface area contributed by atoms with Crippen LogP contribution in [0.2, 0.25) is 0 Å². The summed E-state index contributed by atoms with van der Waals surface area (Å²) < 4.78 is 0. The van der Waals surface area contributed by atoms with Gasteiger partial charge >= 0.3 is 0 Å².